The van der Waals surface area contributed by atoms with E-state index < -0.39 is 4.92 Å². The molecule has 1 aliphatic heterocycles. The second-order valence-electron chi connectivity index (χ2n) is 4.89. The number of rotatable bonds is 4. The summed E-state index contributed by atoms with van der Waals surface area (Å²) in [4.78, 5) is 31.6. The molecule has 1 amide bonds. The number of likely N-dealkylation sites (tertiary alicyclic amines) is 1. The van der Waals surface area contributed by atoms with Gasteiger partial charge in [-0.25, -0.2) is 10.8 Å². The van der Waals surface area contributed by atoms with Crippen LogP contribution in [0.5, 0.6) is 0 Å². The van der Waals surface area contributed by atoms with Crippen LogP contribution in [0.4, 0.5) is 17.5 Å². The van der Waals surface area contributed by atoms with Gasteiger partial charge in [-0.3, -0.25) is 20.3 Å². The fourth-order valence-corrected chi connectivity index (χ4v) is 2.27. The molecule has 1 fully saturated rings. The van der Waals surface area contributed by atoms with Crippen LogP contribution in [0.25, 0.3) is 0 Å². The van der Waals surface area contributed by atoms with Gasteiger partial charge in [0.25, 0.3) is 0 Å². The summed E-state index contributed by atoms with van der Waals surface area (Å²) in [7, 11) is 1.70. The molecule has 1 atom stereocenters. The molecule has 114 valence electrons. The summed E-state index contributed by atoms with van der Waals surface area (Å²) >= 11 is 0. The Bertz CT molecular complexity index is 577. The summed E-state index contributed by atoms with van der Waals surface area (Å²) in [5.74, 6) is 5.53. The van der Waals surface area contributed by atoms with Crippen LogP contribution in [0.15, 0.2) is 0 Å². The van der Waals surface area contributed by atoms with E-state index in [9.17, 15) is 14.9 Å². The van der Waals surface area contributed by atoms with Crippen LogP contribution >= 0.6 is 0 Å². The van der Waals surface area contributed by atoms with E-state index in [0.29, 0.717) is 19.4 Å². The number of likely N-dealkylation sites (N-methyl/N-ethyl adjacent to an activating group) is 1. The van der Waals surface area contributed by atoms with Crippen LogP contribution in [0.2, 0.25) is 0 Å². The fourth-order valence-electron chi connectivity index (χ4n) is 2.27. The number of nitro groups is 1. The van der Waals surface area contributed by atoms with Crippen molar-refractivity contribution in [2.24, 2.45) is 5.84 Å². The Kier molecular flexibility index (Phi) is 4.17. The summed E-state index contributed by atoms with van der Waals surface area (Å²) in [6.45, 7) is 1.98. The number of hydrogen-bond acceptors (Lipinski definition) is 8. The topological polar surface area (TPSA) is 139 Å². The van der Waals surface area contributed by atoms with Crippen LogP contribution in [-0.2, 0) is 4.79 Å². The molecule has 2 rings (SSSR count). The first-order chi connectivity index (χ1) is 9.92. The monoisotopic (exact) mass is 295 g/mol. The number of hydrogen-bond donors (Lipinski definition) is 3. The zero-order valence-corrected chi connectivity index (χ0v) is 11.8. The van der Waals surface area contributed by atoms with Gasteiger partial charge in [-0.15, -0.1) is 0 Å². The molecule has 21 heavy (non-hydrogen) atoms. The van der Waals surface area contributed by atoms with Gasteiger partial charge in [0.2, 0.25) is 17.7 Å². The van der Waals surface area contributed by atoms with Gasteiger partial charge in [0.15, 0.2) is 0 Å². The molecule has 0 bridgehead atoms. The molecule has 10 nitrogen and oxygen atoms in total. The van der Waals surface area contributed by atoms with E-state index in [1.807, 2.05) is 0 Å². The highest BCUT2D eigenvalue weighted by Crippen LogP contribution is 2.28. The molecule has 10 heteroatoms. The summed E-state index contributed by atoms with van der Waals surface area (Å²) < 4.78 is 0. The highest BCUT2D eigenvalue weighted by Gasteiger charge is 2.27. The third-order valence-electron chi connectivity index (χ3n) is 3.34. The molecule has 0 aliphatic carbocycles. The number of nitrogens with one attached hydrogen (secondary N) is 2. The average Bonchev–Trinajstić information content (AvgIpc) is 2.41. The van der Waals surface area contributed by atoms with Crippen molar-refractivity contribution < 1.29 is 9.72 Å². The Morgan fingerprint density at radius 3 is 2.76 bits per heavy atom. The molecule has 0 spiro atoms. The van der Waals surface area contributed by atoms with Crippen molar-refractivity contribution >= 4 is 23.4 Å². The number of aromatic nitrogens is 2. The van der Waals surface area contributed by atoms with Crippen molar-refractivity contribution in [1.29, 1.82) is 0 Å². The second-order valence-corrected chi connectivity index (χ2v) is 4.89. The molecule has 2 heterocycles. The number of piperidine rings is 1. The lowest BCUT2D eigenvalue weighted by molar-refractivity contribution is -0.385. The first-order valence-electron chi connectivity index (χ1n) is 6.42. The quantitative estimate of drug-likeness (QED) is 0.401. The Balaban J connectivity index is 2.28. The summed E-state index contributed by atoms with van der Waals surface area (Å²) in [6.07, 6.45) is 0.989. The van der Waals surface area contributed by atoms with Crippen LogP contribution < -0.4 is 16.6 Å². The first-order valence-corrected chi connectivity index (χ1v) is 6.42. The predicted octanol–water partition coefficient (Wildman–Crippen LogP) is 0.0115. The van der Waals surface area contributed by atoms with Gasteiger partial charge in [-0.1, -0.05) is 0 Å². The molecule has 1 saturated heterocycles. The third-order valence-corrected chi connectivity index (χ3v) is 3.34. The second kappa shape index (κ2) is 5.87. The van der Waals surface area contributed by atoms with E-state index in [0.717, 1.165) is 0 Å². The van der Waals surface area contributed by atoms with Crippen LogP contribution in [0, 0.1) is 17.0 Å². The van der Waals surface area contributed by atoms with Crippen molar-refractivity contribution in [3.8, 4) is 0 Å². The lowest BCUT2D eigenvalue weighted by Crippen LogP contribution is -2.43. The molecule has 0 aromatic carbocycles. The van der Waals surface area contributed by atoms with Gasteiger partial charge in [0.1, 0.15) is 5.69 Å². The fraction of sp³-hybridized carbons (Fsp3) is 0.545. The minimum absolute atomic E-state index is 0.0609. The maximum absolute atomic E-state index is 11.5. The van der Waals surface area contributed by atoms with Crippen LogP contribution in [-0.4, -0.2) is 45.3 Å². The number of aryl methyl sites for hydroxylation is 1. The van der Waals surface area contributed by atoms with E-state index in [1.54, 1.807) is 11.9 Å². The van der Waals surface area contributed by atoms with E-state index in [4.69, 9.17) is 5.84 Å². The SMILES string of the molecule is Cc1nc(NN)nc(NC2CCC(=O)N(C)C2)c1[N+](=O)[O-]. The number of nitrogen functional groups attached to an aromatic ring is 1. The molecule has 1 aliphatic rings. The average molecular weight is 295 g/mol. The molecule has 1 unspecified atom stereocenters. The lowest BCUT2D eigenvalue weighted by Gasteiger charge is -2.30. The van der Waals surface area contributed by atoms with Gasteiger partial charge in [0.05, 0.1) is 4.92 Å². The maximum atomic E-state index is 11.5. The number of nitrogens with two attached hydrogens (primary N) is 1. The van der Waals surface area contributed by atoms with Gasteiger partial charge in [-0.05, 0) is 13.3 Å². The van der Waals surface area contributed by atoms with E-state index in [-0.39, 0.29) is 35.1 Å². The van der Waals surface area contributed by atoms with Gasteiger partial charge in [0, 0.05) is 26.1 Å². The predicted molar refractivity (Wildman–Crippen MR) is 75.5 cm³/mol. The largest absolute Gasteiger partial charge is 0.360 e. The smallest absolute Gasteiger partial charge is 0.332 e. The standard InChI is InChI=1S/C11H17N7O3/c1-6-9(18(20)21)10(15-11(13-6)16-12)14-7-3-4-8(19)17(2)5-7/h7H,3-5,12H2,1-2H3,(H2,13,14,15,16). The van der Waals surface area contributed by atoms with Crippen molar-refractivity contribution in [3.05, 3.63) is 15.8 Å². The highest BCUT2D eigenvalue weighted by atomic mass is 16.6. The molecule has 0 saturated carbocycles. The van der Waals surface area contributed by atoms with Gasteiger partial charge in [-0.2, -0.15) is 4.98 Å². The van der Waals surface area contributed by atoms with Crippen LogP contribution in [0.3, 0.4) is 0 Å². The number of carbonyl (C=O) groups is 1. The van der Waals surface area contributed by atoms with E-state index >= 15 is 0 Å². The van der Waals surface area contributed by atoms with Gasteiger partial charge >= 0.3 is 5.69 Å². The zero-order chi connectivity index (χ0) is 15.6. The van der Waals surface area contributed by atoms with E-state index in [2.05, 4.69) is 20.7 Å². The molecular formula is C11H17N7O3. The number of carbonyl (C=O) groups excluding carboxylic acids is 1. The molecule has 4 N–H and O–H groups in total. The van der Waals surface area contributed by atoms with Crippen molar-refractivity contribution in [2.45, 2.75) is 25.8 Å². The molecule has 0 radical (unpaired) electrons. The number of anilines is 2. The van der Waals surface area contributed by atoms with Crippen molar-refractivity contribution in [3.63, 3.8) is 0 Å². The maximum Gasteiger partial charge on any atom is 0.332 e. The normalized spacial score (nSPS) is 18.5. The van der Waals surface area contributed by atoms with Gasteiger partial charge < -0.3 is 10.2 Å². The van der Waals surface area contributed by atoms with Crippen LogP contribution in [0.1, 0.15) is 18.5 Å². The number of amides is 1. The Morgan fingerprint density at radius 2 is 2.19 bits per heavy atom. The Labute approximate surface area is 120 Å². The van der Waals surface area contributed by atoms with E-state index in [1.165, 1.54) is 6.92 Å². The highest BCUT2D eigenvalue weighted by molar-refractivity contribution is 5.77. The minimum atomic E-state index is -0.532. The Morgan fingerprint density at radius 1 is 1.48 bits per heavy atom. The van der Waals surface area contributed by atoms with Crippen molar-refractivity contribution in [1.82, 2.24) is 14.9 Å². The number of hydrazine groups is 1. The molecule has 1 aromatic heterocycles. The summed E-state index contributed by atoms with van der Waals surface area (Å²) in [5.41, 5.74) is 2.31. The molecule has 1 aromatic rings. The number of nitrogens with zero attached hydrogens (tertiary/aromatic N) is 4. The first kappa shape index (κ1) is 14.9. The minimum Gasteiger partial charge on any atom is -0.360 e. The Hall–Kier alpha value is -2.49. The summed E-state index contributed by atoms with van der Waals surface area (Å²) in [5, 5.41) is 14.2. The van der Waals surface area contributed by atoms with Crippen molar-refractivity contribution in [2.75, 3.05) is 24.3 Å². The third kappa shape index (κ3) is 3.16. The summed E-state index contributed by atoms with van der Waals surface area (Å²) in [6, 6.07) is -0.105. The zero-order valence-electron chi connectivity index (χ0n) is 11.8. The molecular weight excluding hydrogens is 278 g/mol. The lowest BCUT2D eigenvalue weighted by atomic mass is 10.1.